The number of thiocarbonyl (C=S) groups is 1. The summed E-state index contributed by atoms with van der Waals surface area (Å²) in [4.78, 5) is 25.2. The van der Waals surface area contributed by atoms with Crippen molar-refractivity contribution in [3.8, 4) is 11.3 Å². The van der Waals surface area contributed by atoms with E-state index in [0.717, 1.165) is 12.1 Å². The normalized spacial score (nSPS) is 11.2. The zero-order chi connectivity index (χ0) is 22.4. The Morgan fingerprint density at radius 1 is 1.19 bits per heavy atom. The quantitative estimate of drug-likeness (QED) is 0.495. The molecular formula is C20H26N8O2S. The van der Waals surface area contributed by atoms with E-state index in [1.807, 2.05) is 40.0 Å². The Hall–Kier alpha value is -3.34. The van der Waals surface area contributed by atoms with Crippen LogP contribution in [0.3, 0.4) is 0 Å². The van der Waals surface area contributed by atoms with Crippen molar-refractivity contribution in [2.24, 2.45) is 0 Å². The fourth-order valence-corrected chi connectivity index (χ4v) is 2.88. The highest BCUT2D eigenvalue weighted by Crippen LogP contribution is 2.19. The number of ether oxygens (including phenoxy) is 1. The van der Waals surface area contributed by atoms with Crippen LogP contribution in [0, 0.1) is 0 Å². The van der Waals surface area contributed by atoms with E-state index in [9.17, 15) is 4.79 Å². The van der Waals surface area contributed by atoms with Crippen molar-refractivity contribution >= 4 is 40.4 Å². The maximum absolute atomic E-state index is 11.7. The topological polar surface area (TPSA) is 119 Å². The second-order valence-corrected chi connectivity index (χ2v) is 8.11. The Labute approximate surface area is 185 Å². The van der Waals surface area contributed by atoms with E-state index >= 15 is 0 Å². The van der Waals surface area contributed by atoms with Crippen LogP contribution in [0.5, 0.6) is 0 Å². The molecule has 164 valence electrons. The minimum absolute atomic E-state index is 0.391. The van der Waals surface area contributed by atoms with Gasteiger partial charge in [-0.3, -0.25) is 9.67 Å². The van der Waals surface area contributed by atoms with Crippen molar-refractivity contribution in [1.82, 2.24) is 35.4 Å². The number of alkyl carbamates (subject to hydrolysis) is 1. The van der Waals surface area contributed by atoms with Gasteiger partial charge in [0.2, 0.25) is 0 Å². The van der Waals surface area contributed by atoms with E-state index < -0.39 is 11.7 Å². The van der Waals surface area contributed by atoms with E-state index in [1.165, 1.54) is 0 Å². The molecule has 3 heterocycles. The molecular weight excluding hydrogens is 416 g/mol. The van der Waals surface area contributed by atoms with Crippen LogP contribution in [0.15, 0.2) is 30.7 Å². The lowest BCUT2D eigenvalue weighted by atomic mass is 10.2. The van der Waals surface area contributed by atoms with Gasteiger partial charge in [0.1, 0.15) is 16.9 Å². The molecule has 0 bridgehead atoms. The summed E-state index contributed by atoms with van der Waals surface area (Å²) in [5, 5.41) is 13.6. The number of hydrogen-bond acceptors (Lipinski definition) is 7. The van der Waals surface area contributed by atoms with Crippen molar-refractivity contribution in [2.45, 2.75) is 39.8 Å². The number of nitrogens with zero attached hydrogens (tertiary/aromatic N) is 5. The van der Waals surface area contributed by atoms with Crippen LogP contribution < -0.4 is 16.0 Å². The second-order valence-electron chi connectivity index (χ2n) is 7.70. The first kappa shape index (κ1) is 22.3. The van der Waals surface area contributed by atoms with Gasteiger partial charge in [0, 0.05) is 24.8 Å². The number of amides is 1. The number of carbonyl (C=O) groups is 1. The summed E-state index contributed by atoms with van der Waals surface area (Å²) in [6.45, 7) is 9.04. The van der Waals surface area contributed by atoms with Crippen LogP contribution in [0.4, 0.5) is 10.6 Å². The monoisotopic (exact) mass is 442 g/mol. The van der Waals surface area contributed by atoms with E-state index in [1.54, 1.807) is 23.1 Å². The van der Waals surface area contributed by atoms with Gasteiger partial charge >= 0.3 is 6.09 Å². The molecule has 10 nitrogen and oxygen atoms in total. The average Bonchev–Trinajstić information content (AvgIpc) is 3.15. The van der Waals surface area contributed by atoms with E-state index in [-0.39, 0.29) is 0 Å². The fourth-order valence-electron chi connectivity index (χ4n) is 2.63. The Kier molecular flexibility index (Phi) is 6.95. The average molecular weight is 443 g/mol. The van der Waals surface area contributed by atoms with Crippen LogP contribution in [0.1, 0.15) is 27.7 Å². The molecule has 31 heavy (non-hydrogen) atoms. The smallest absolute Gasteiger partial charge is 0.407 e. The van der Waals surface area contributed by atoms with Crippen molar-refractivity contribution in [3.63, 3.8) is 0 Å². The number of nitrogens with one attached hydrogen (secondary N) is 3. The minimum Gasteiger partial charge on any atom is -0.444 e. The summed E-state index contributed by atoms with van der Waals surface area (Å²) in [7, 11) is 0. The predicted molar refractivity (Wildman–Crippen MR) is 123 cm³/mol. The van der Waals surface area contributed by atoms with Gasteiger partial charge in [-0.2, -0.15) is 5.10 Å². The van der Waals surface area contributed by atoms with Crippen molar-refractivity contribution < 1.29 is 9.53 Å². The molecule has 1 amide bonds. The number of pyridine rings is 1. The van der Waals surface area contributed by atoms with Gasteiger partial charge < -0.3 is 20.7 Å². The van der Waals surface area contributed by atoms with Gasteiger partial charge in [-0.25, -0.2) is 14.8 Å². The molecule has 0 radical (unpaired) electrons. The zero-order valence-corrected chi connectivity index (χ0v) is 18.8. The molecule has 0 spiro atoms. The lowest BCUT2D eigenvalue weighted by Gasteiger charge is -2.19. The van der Waals surface area contributed by atoms with Crippen molar-refractivity contribution in [2.75, 3.05) is 18.4 Å². The fraction of sp³-hybridized carbons (Fsp3) is 0.400. The molecule has 3 aromatic heterocycles. The molecule has 0 fully saturated rings. The van der Waals surface area contributed by atoms with Gasteiger partial charge in [-0.05, 0) is 52.0 Å². The summed E-state index contributed by atoms with van der Waals surface area (Å²) < 4.78 is 6.94. The summed E-state index contributed by atoms with van der Waals surface area (Å²) in [5.74, 6) is 0.591. The molecule has 0 aliphatic carbocycles. The first-order valence-corrected chi connectivity index (χ1v) is 10.3. The third kappa shape index (κ3) is 6.57. The van der Waals surface area contributed by atoms with Crippen LogP contribution in [-0.4, -0.2) is 54.6 Å². The van der Waals surface area contributed by atoms with Crippen LogP contribution in [0.2, 0.25) is 0 Å². The highest BCUT2D eigenvalue weighted by Gasteiger charge is 2.15. The number of hydrogen-bond donors (Lipinski definition) is 3. The summed E-state index contributed by atoms with van der Waals surface area (Å²) >= 11 is 5.20. The van der Waals surface area contributed by atoms with Gasteiger partial charge in [-0.1, -0.05) is 0 Å². The lowest BCUT2D eigenvalue weighted by Crippen LogP contribution is -2.34. The zero-order valence-electron chi connectivity index (χ0n) is 18.0. The highest BCUT2D eigenvalue weighted by atomic mass is 32.1. The second kappa shape index (κ2) is 9.65. The van der Waals surface area contributed by atoms with Crippen LogP contribution in [0.25, 0.3) is 22.4 Å². The molecule has 0 saturated carbocycles. The molecule has 0 atom stereocenters. The third-order valence-corrected chi connectivity index (χ3v) is 4.17. The molecule has 0 aliphatic rings. The summed E-state index contributed by atoms with van der Waals surface area (Å²) in [5.41, 5.74) is 2.10. The van der Waals surface area contributed by atoms with Gasteiger partial charge in [0.15, 0.2) is 10.8 Å². The third-order valence-electron chi connectivity index (χ3n) is 3.92. The summed E-state index contributed by atoms with van der Waals surface area (Å²) in [6, 6.07) is 3.64. The number of rotatable bonds is 6. The minimum atomic E-state index is -0.529. The van der Waals surface area contributed by atoms with Gasteiger partial charge in [-0.15, -0.1) is 0 Å². The molecule has 11 heteroatoms. The Morgan fingerprint density at radius 2 is 2.00 bits per heavy atom. The standard InChI is InChI=1S/C20H26N8O2S/c1-5-21-18(31)27-16-7-6-14-17(26-16)25-15(11-23-14)13-10-24-28(12-13)9-8-22-19(29)30-20(2,3)4/h6-7,10-12H,5,8-9H2,1-4H3,(H,22,29)(H2,21,25,26,27,31). The summed E-state index contributed by atoms with van der Waals surface area (Å²) in [6.07, 6.45) is 4.77. The molecule has 0 aliphatic heterocycles. The molecule has 3 aromatic rings. The largest absolute Gasteiger partial charge is 0.444 e. The number of carbonyl (C=O) groups excluding carboxylic acids is 1. The SMILES string of the molecule is CCNC(=S)Nc1ccc2ncc(-c3cnn(CCNC(=O)OC(C)(C)C)c3)nc2n1. The van der Waals surface area contributed by atoms with E-state index in [2.05, 4.69) is 36.0 Å². The predicted octanol–water partition coefficient (Wildman–Crippen LogP) is 2.72. The first-order chi connectivity index (χ1) is 14.7. The number of fused-ring (bicyclic) bond motifs is 1. The Morgan fingerprint density at radius 3 is 2.74 bits per heavy atom. The molecule has 0 unspecified atom stereocenters. The maximum atomic E-state index is 11.7. The van der Waals surface area contributed by atoms with Crippen LogP contribution >= 0.6 is 12.2 Å². The van der Waals surface area contributed by atoms with Crippen molar-refractivity contribution in [1.29, 1.82) is 0 Å². The van der Waals surface area contributed by atoms with E-state index in [4.69, 9.17) is 17.0 Å². The van der Waals surface area contributed by atoms with Crippen molar-refractivity contribution in [3.05, 3.63) is 30.7 Å². The lowest BCUT2D eigenvalue weighted by molar-refractivity contribution is 0.0525. The molecule has 3 N–H and O–H groups in total. The number of anilines is 1. The maximum Gasteiger partial charge on any atom is 0.407 e. The van der Waals surface area contributed by atoms with Crippen LogP contribution in [-0.2, 0) is 11.3 Å². The van der Waals surface area contributed by atoms with Gasteiger partial charge in [0.25, 0.3) is 0 Å². The van der Waals surface area contributed by atoms with Gasteiger partial charge in [0.05, 0.1) is 24.6 Å². The molecule has 0 aromatic carbocycles. The first-order valence-electron chi connectivity index (χ1n) is 9.92. The highest BCUT2D eigenvalue weighted by molar-refractivity contribution is 7.80. The Bertz CT molecular complexity index is 1080. The molecule has 0 saturated heterocycles. The molecule has 3 rings (SSSR count). The van der Waals surface area contributed by atoms with E-state index in [0.29, 0.717) is 40.9 Å². The number of aromatic nitrogens is 5. The Balaban J connectivity index is 1.66.